The summed E-state index contributed by atoms with van der Waals surface area (Å²) < 4.78 is 70.6. The zero-order valence-electron chi connectivity index (χ0n) is 16.8. The van der Waals surface area contributed by atoms with Gasteiger partial charge in [0, 0.05) is 11.1 Å². The lowest BCUT2D eigenvalue weighted by Gasteiger charge is -2.03. The normalized spacial score (nSPS) is 9.91. The molecule has 0 aliphatic rings. The predicted molar refractivity (Wildman–Crippen MR) is 110 cm³/mol. The van der Waals surface area contributed by atoms with Crippen LogP contribution in [0.4, 0.5) is 22.0 Å². The molecule has 0 atom stereocenters. The second-order valence-electron chi connectivity index (χ2n) is 6.81. The number of benzene rings is 3. The molecule has 3 aromatic carbocycles. The third kappa shape index (κ3) is 5.15. The van der Waals surface area contributed by atoms with E-state index in [0.717, 1.165) is 24.6 Å². The number of hydrogen-bond acceptors (Lipinski definition) is 1. The van der Waals surface area contributed by atoms with Crippen molar-refractivity contribution < 1.29 is 22.0 Å². The summed E-state index contributed by atoms with van der Waals surface area (Å²) in [6.07, 6.45) is 1.23. The zero-order chi connectivity index (χ0) is 23.3. The summed E-state index contributed by atoms with van der Waals surface area (Å²) >= 11 is 0. The van der Waals surface area contributed by atoms with E-state index in [4.69, 9.17) is 5.26 Å². The number of hydrogen-bond donors (Lipinski definition) is 0. The van der Waals surface area contributed by atoms with E-state index < -0.39 is 40.2 Å². The number of rotatable bonds is 2. The fourth-order valence-electron chi connectivity index (χ4n) is 2.90. The van der Waals surface area contributed by atoms with E-state index in [-0.39, 0.29) is 16.7 Å². The highest BCUT2D eigenvalue weighted by molar-refractivity contribution is 5.50. The van der Waals surface area contributed by atoms with Crippen LogP contribution in [0.5, 0.6) is 0 Å². The molecule has 0 spiro atoms. The molecule has 0 unspecified atom stereocenters. The maximum absolute atomic E-state index is 14.4. The average molecular weight is 435 g/mol. The highest BCUT2D eigenvalue weighted by Crippen LogP contribution is 2.18. The molecule has 0 amide bonds. The molecule has 3 rings (SSSR count). The van der Waals surface area contributed by atoms with Gasteiger partial charge in [-0.1, -0.05) is 37.0 Å². The molecule has 0 saturated heterocycles. The van der Waals surface area contributed by atoms with Gasteiger partial charge in [0.05, 0.1) is 16.7 Å². The van der Waals surface area contributed by atoms with Crippen LogP contribution < -0.4 is 0 Å². The van der Waals surface area contributed by atoms with Gasteiger partial charge >= 0.3 is 0 Å². The van der Waals surface area contributed by atoms with Crippen LogP contribution in [-0.4, -0.2) is 0 Å². The van der Waals surface area contributed by atoms with E-state index in [2.05, 4.69) is 23.7 Å². The molecule has 158 valence electrons. The van der Waals surface area contributed by atoms with Crippen LogP contribution in [0.1, 0.15) is 46.7 Å². The molecule has 0 heterocycles. The number of nitrogens with zero attached hydrogens (tertiary/aromatic N) is 1. The maximum Gasteiger partial charge on any atom is 0.143 e. The summed E-state index contributed by atoms with van der Waals surface area (Å²) in [5.74, 6) is 4.79. The maximum atomic E-state index is 14.4. The van der Waals surface area contributed by atoms with Gasteiger partial charge in [0.25, 0.3) is 0 Å². The summed E-state index contributed by atoms with van der Waals surface area (Å²) in [6, 6.07) is 9.34. The van der Waals surface area contributed by atoms with Gasteiger partial charge in [-0.25, -0.2) is 22.0 Å². The van der Waals surface area contributed by atoms with Gasteiger partial charge in [0.2, 0.25) is 0 Å². The molecule has 3 aromatic rings. The zero-order valence-corrected chi connectivity index (χ0v) is 16.8. The summed E-state index contributed by atoms with van der Waals surface area (Å²) in [5.41, 5.74) is -0.744. The monoisotopic (exact) mass is 435 g/mol. The summed E-state index contributed by atoms with van der Waals surface area (Å²) in [7, 11) is 0. The topological polar surface area (TPSA) is 23.8 Å². The lowest BCUT2D eigenvalue weighted by Crippen LogP contribution is -1.95. The number of nitriles is 1. The van der Waals surface area contributed by atoms with E-state index in [1.807, 2.05) is 6.92 Å². The molecule has 0 saturated carbocycles. The molecule has 32 heavy (non-hydrogen) atoms. The first-order chi connectivity index (χ1) is 15.3. The van der Waals surface area contributed by atoms with E-state index >= 15 is 0 Å². The molecular weight excluding hydrogens is 421 g/mol. The van der Waals surface area contributed by atoms with Crippen molar-refractivity contribution in [3.63, 3.8) is 0 Å². The highest BCUT2D eigenvalue weighted by Gasteiger charge is 2.11. The molecule has 6 heteroatoms. The van der Waals surface area contributed by atoms with E-state index in [1.54, 1.807) is 6.07 Å². The lowest BCUT2D eigenvalue weighted by atomic mass is 10.1. The van der Waals surface area contributed by atoms with Crippen LogP contribution in [0, 0.1) is 64.1 Å². The Bertz CT molecular complexity index is 1310. The second kappa shape index (κ2) is 9.82. The fraction of sp³-hybridized carbons (Fsp3) is 0.115. The fourth-order valence-corrected chi connectivity index (χ4v) is 2.90. The third-order valence-corrected chi connectivity index (χ3v) is 4.44. The van der Waals surface area contributed by atoms with Gasteiger partial charge in [-0.2, -0.15) is 5.26 Å². The molecule has 0 fully saturated rings. The molecule has 1 nitrogen and oxygen atoms in total. The van der Waals surface area contributed by atoms with E-state index in [0.29, 0.717) is 12.0 Å². The number of halogens is 5. The molecule has 0 aliphatic heterocycles. The first-order valence-corrected chi connectivity index (χ1v) is 9.53. The van der Waals surface area contributed by atoms with Gasteiger partial charge < -0.3 is 0 Å². The minimum absolute atomic E-state index is 0.127. The Labute approximate surface area is 182 Å². The van der Waals surface area contributed by atoms with Crippen molar-refractivity contribution in [2.45, 2.75) is 19.8 Å². The Balaban J connectivity index is 1.91. The van der Waals surface area contributed by atoms with Crippen molar-refractivity contribution in [3.8, 4) is 29.8 Å². The Hall–Kier alpha value is -4.08. The van der Waals surface area contributed by atoms with Crippen LogP contribution in [-0.2, 0) is 6.42 Å². The van der Waals surface area contributed by atoms with Crippen molar-refractivity contribution in [1.29, 1.82) is 5.26 Å². The standard InChI is InChI=1S/C26H14F5N/c1-2-3-17-11-23(28)21(24(29)12-17)9-6-18-13-25(30)20(26(31)14-18)8-5-16-4-7-19(15-32)22(27)10-16/h4,7,10-14H,2-3H2,1H3. The Kier molecular flexibility index (Phi) is 6.93. The Morgan fingerprint density at radius 1 is 0.656 bits per heavy atom. The third-order valence-electron chi connectivity index (χ3n) is 4.44. The van der Waals surface area contributed by atoms with E-state index in [1.165, 1.54) is 24.3 Å². The summed E-state index contributed by atoms with van der Waals surface area (Å²) in [5, 5.41) is 8.72. The van der Waals surface area contributed by atoms with Crippen molar-refractivity contribution in [2.75, 3.05) is 0 Å². The molecule has 0 aromatic heterocycles. The highest BCUT2D eigenvalue weighted by atomic mass is 19.1. The van der Waals surface area contributed by atoms with Gasteiger partial charge in [-0.15, -0.1) is 0 Å². The smallest absolute Gasteiger partial charge is 0.143 e. The van der Waals surface area contributed by atoms with Crippen molar-refractivity contribution in [2.24, 2.45) is 0 Å². The van der Waals surface area contributed by atoms with Crippen LogP contribution in [0.25, 0.3) is 0 Å². The van der Waals surface area contributed by atoms with Gasteiger partial charge in [0.1, 0.15) is 35.2 Å². The van der Waals surface area contributed by atoms with Crippen molar-refractivity contribution >= 4 is 0 Å². The lowest BCUT2D eigenvalue weighted by molar-refractivity contribution is 0.573. The minimum atomic E-state index is -1.03. The van der Waals surface area contributed by atoms with Crippen molar-refractivity contribution in [3.05, 3.63) is 105 Å². The Morgan fingerprint density at radius 3 is 1.66 bits per heavy atom. The molecule has 0 N–H and O–H groups in total. The van der Waals surface area contributed by atoms with Crippen LogP contribution in [0.3, 0.4) is 0 Å². The van der Waals surface area contributed by atoms with Gasteiger partial charge in [0.15, 0.2) is 0 Å². The van der Waals surface area contributed by atoms with Gasteiger partial charge in [-0.05, 0) is 54.4 Å². The minimum Gasteiger partial charge on any atom is -0.206 e. The predicted octanol–water partition coefficient (Wildman–Crippen LogP) is 6.01. The van der Waals surface area contributed by atoms with Crippen LogP contribution in [0.15, 0.2) is 42.5 Å². The van der Waals surface area contributed by atoms with Gasteiger partial charge in [-0.3, -0.25) is 0 Å². The van der Waals surface area contributed by atoms with Crippen LogP contribution >= 0.6 is 0 Å². The van der Waals surface area contributed by atoms with Crippen LogP contribution in [0.2, 0.25) is 0 Å². The average Bonchev–Trinajstić information content (AvgIpc) is 2.73. The first kappa shape index (κ1) is 22.6. The molecule has 0 aliphatic carbocycles. The molecule has 0 radical (unpaired) electrons. The molecular formula is C26H14F5N. The summed E-state index contributed by atoms with van der Waals surface area (Å²) in [6.45, 7) is 1.88. The quantitative estimate of drug-likeness (QED) is 0.358. The molecule has 0 bridgehead atoms. The first-order valence-electron chi connectivity index (χ1n) is 9.53. The number of aryl methyl sites for hydroxylation is 1. The summed E-state index contributed by atoms with van der Waals surface area (Å²) in [4.78, 5) is 0. The van der Waals surface area contributed by atoms with E-state index in [9.17, 15) is 22.0 Å². The Morgan fingerprint density at radius 2 is 1.16 bits per heavy atom. The largest absolute Gasteiger partial charge is 0.206 e. The SMILES string of the molecule is CCCc1cc(F)c(C#Cc2cc(F)c(C#Cc3ccc(C#N)c(F)c3)c(F)c2)c(F)c1. The van der Waals surface area contributed by atoms with Crippen molar-refractivity contribution in [1.82, 2.24) is 0 Å². The second-order valence-corrected chi connectivity index (χ2v) is 6.81.